The zero-order valence-electron chi connectivity index (χ0n) is 17.9. The highest BCUT2D eigenvalue weighted by Gasteiger charge is 2.19. The first kappa shape index (κ1) is 28.1. The lowest BCUT2D eigenvalue weighted by Gasteiger charge is -2.02. The second kappa shape index (κ2) is 13.4. The minimum atomic E-state index is -0.353. The van der Waals surface area contributed by atoms with Crippen molar-refractivity contribution in [2.75, 3.05) is 0 Å². The zero-order valence-corrected chi connectivity index (χ0v) is 17.9. The summed E-state index contributed by atoms with van der Waals surface area (Å²) in [6, 6.07) is 12.6. The van der Waals surface area contributed by atoms with Crippen molar-refractivity contribution < 1.29 is 15.3 Å². The summed E-state index contributed by atoms with van der Waals surface area (Å²) in [4.78, 5) is 12.8. The molecule has 0 heterocycles. The molecule has 4 aromatic carbocycles. The van der Waals surface area contributed by atoms with Gasteiger partial charge < -0.3 is 15.3 Å². The van der Waals surface area contributed by atoms with Crippen LogP contribution in [0.1, 0.15) is 39.3 Å². The fraction of sp³-hybridized carbons (Fsp3) is 0.269. The maximum absolute atomic E-state index is 12.8. The fourth-order valence-corrected chi connectivity index (χ4v) is 3.39. The first-order valence-corrected chi connectivity index (χ1v) is 9.95. The van der Waals surface area contributed by atoms with Crippen LogP contribution in [0.5, 0.6) is 5.75 Å². The number of hydrogen-bond acceptors (Lipinski definition) is 4. The minimum absolute atomic E-state index is 0. The second-order valence-corrected chi connectivity index (χ2v) is 6.06. The Balaban J connectivity index is 0.00000102. The summed E-state index contributed by atoms with van der Waals surface area (Å²) in [5, 5.41) is 33.7. The van der Waals surface area contributed by atoms with Crippen LogP contribution in [-0.4, -0.2) is 23.2 Å². The van der Waals surface area contributed by atoms with Crippen molar-refractivity contribution >= 4 is 40.2 Å². The third kappa shape index (κ3) is 5.24. The third-order valence-corrected chi connectivity index (χ3v) is 4.45. The summed E-state index contributed by atoms with van der Waals surface area (Å²) in [5.41, 5.74) is 0.381. The Morgan fingerprint density at radius 3 is 1.87 bits per heavy atom. The monoisotopic (exact) mass is 420 g/mol. The van der Waals surface area contributed by atoms with Gasteiger partial charge in [-0.1, -0.05) is 70.9 Å². The van der Waals surface area contributed by atoms with Crippen LogP contribution in [-0.2, 0) is 13.2 Å². The standard InChI is InChI=1S/C19H14O4.C2H5B.C2H6.C2H4.CH4/c20-8-11-4-2-6-14-13-5-1-3-10-7-12(9-21)19(23)17(15(10)13)16(14)18(11)22;1-2-3;2*1-2;/h1-7,20-22H,8-9H2;2H2,1H3;1-2H3;1-2H2;1H4. The van der Waals surface area contributed by atoms with Crippen molar-refractivity contribution in [1.82, 2.24) is 0 Å². The predicted molar refractivity (Wildman–Crippen MR) is 135 cm³/mol. The molecule has 0 unspecified atom stereocenters. The maximum atomic E-state index is 12.8. The van der Waals surface area contributed by atoms with E-state index in [4.69, 9.17) is 7.85 Å². The molecule has 0 aliphatic rings. The first-order chi connectivity index (χ1) is 14.6. The van der Waals surface area contributed by atoms with E-state index in [0.717, 1.165) is 27.9 Å². The Morgan fingerprint density at radius 2 is 1.35 bits per heavy atom. The topological polar surface area (TPSA) is 77.8 Å². The van der Waals surface area contributed by atoms with Crippen molar-refractivity contribution in [3.63, 3.8) is 0 Å². The zero-order chi connectivity index (χ0) is 22.8. The molecule has 3 N–H and O–H groups in total. The smallest absolute Gasteiger partial charge is 0.192 e. The molecule has 4 nitrogen and oxygen atoms in total. The molecule has 0 atom stereocenters. The average molecular weight is 420 g/mol. The summed E-state index contributed by atoms with van der Waals surface area (Å²) in [6.45, 7) is 11.2. The van der Waals surface area contributed by atoms with Gasteiger partial charge in [-0.15, -0.1) is 13.2 Å². The lowest BCUT2D eigenvalue weighted by Crippen LogP contribution is -2.08. The molecule has 0 spiro atoms. The quantitative estimate of drug-likeness (QED) is 0.288. The lowest BCUT2D eigenvalue weighted by atomic mass is 10.0. The van der Waals surface area contributed by atoms with Gasteiger partial charge in [-0.05, 0) is 22.2 Å². The predicted octanol–water partition coefficient (Wildman–Crippen LogP) is 5.69. The fourth-order valence-electron chi connectivity index (χ4n) is 3.39. The van der Waals surface area contributed by atoms with Crippen molar-refractivity contribution in [3.05, 3.63) is 77.0 Å². The largest absolute Gasteiger partial charge is 0.507 e. The van der Waals surface area contributed by atoms with Gasteiger partial charge in [0.15, 0.2) is 5.43 Å². The molecule has 0 bridgehead atoms. The highest BCUT2D eigenvalue weighted by atomic mass is 16.3. The average Bonchev–Trinajstić information content (AvgIpc) is 3.03. The molecule has 0 saturated carbocycles. The molecule has 0 aliphatic heterocycles. The van der Waals surface area contributed by atoms with Gasteiger partial charge in [-0.3, -0.25) is 4.79 Å². The van der Waals surface area contributed by atoms with Crippen LogP contribution in [0.3, 0.4) is 0 Å². The molecule has 0 aromatic heterocycles. The van der Waals surface area contributed by atoms with Gasteiger partial charge in [0.2, 0.25) is 0 Å². The molecule has 4 aromatic rings. The van der Waals surface area contributed by atoms with Gasteiger partial charge >= 0.3 is 0 Å². The van der Waals surface area contributed by atoms with Crippen molar-refractivity contribution in [1.29, 1.82) is 0 Å². The number of hydrogen-bond donors (Lipinski definition) is 3. The lowest BCUT2D eigenvalue weighted by molar-refractivity contribution is 0.276. The van der Waals surface area contributed by atoms with E-state index >= 15 is 0 Å². The molecule has 0 amide bonds. The van der Waals surface area contributed by atoms with Gasteiger partial charge in [0.1, 0.15) is 5.75 Å². The van der Waals surface area contributed by atoms with E-state index in [2.05, 4.69) is 13.2 Å². The highest BCUT2D eigenvalue weighted by Crippen LogP contribution is 2.41. The van der Waals surface area contributed by atoms with Gasteiger partial charge in [0.05, 0.1) is 21.1 Å². The van der Waals surface area contributed by atoms with E-state index in [-0.39, 0.29) is 31.8 Å². The normalized spacial score (nSPS) is 9.58. The Labute approximate surface area is 186 Å². The van der Waals surface area contributed by atoms with E-state index < -0.39 is 0 Å². The Morgan fingerprint density at radius 1 is 0.871 bits per heavy atom. The van der Waals surface area contributed by atoms with Crippen LogP contribution >= 0.6 is 0 Å². The van der Waals surface area contributed by atoms with Crippen LogP contribution in [0.4, 0.5) is 0 Å². The van der Waals surface area contributed by atoms with Crippen molar-refractivity contribution in [2.24, 2.45) is 0 Å². The Bertz CT molecular complexity index is 1160. The number of fused-ring (bicyclic) bond motifs is 3. The highest BCUT2D eigenvalue weighted by molar-refractivity contribution is 6.31. The number of aliphatic hydroxyl groups excluding tert-OH is 2. The molecular weight excluding hydrogens is 387 g/mol. The summed E-state index contributed by atoms with van der Waals surface area (Å²) < 4.78 is 0. The summed E-state index contributed by atoms with van der Waals surface area (Å²) >= 11 is 0. The Hall–Kier alpha value is -2.89. The van der Waals surface area contributed by atoms with E-state index in [1.54, 1.807) is 18.2 Å². The van der Waals surface area contributed by atoms with Crippen LogP contribution in [0.25, 0.3) is 32.3 Å². The maximum Gasteiger partial charge on any atom is 0.192 e. The third-order valence-electron chi connectivity index (χ3n) is 4.45. The van der Waals surface area contributed by atoms with Crippen LogP contribution < -0.4 is 5.43 Å². The molecule has 4 rings (SSSR count). The van der Waals surface area contributed by atoms with Crippen LogP contribution in [0, 0.1) is 0 Å². The molecule has 2 radical (unpaired) electrons. The summed E-state index contributed by atoms with van der Waals surface area (Å²) in [5.74, 6) is -0.0859. The second-order valence-electron chi connectivity index (χ2n) is 6.06. The van der Waals surface area contributed by atoms with Crippen LogP contribution in [0.15, 0.2) is 60.4 Å². The Kier molecular flexibility index (Phi) is 12.2. The summed E-state index contributed by atoms with van der Waals surface area (Å²) in [7, 11) is 4.85. The molecule has 0 fully saturated rings. The molecule has 31 heavy (non-hydrogen) atoms. The van der Waals surface area contributed by atoms with Gasteiger partial charge in [-0.2, -0.15) is 0 Å². The van der Waals surface area contributed by atoms with Gasteiger partial charge in [0.25, 0.3) is 0 Å². The number of aromatic hydroxyl groups is 1. The molecule has 5 heteroatoms. The van der Waals surface area contributed by atoms with E-state index in [9.17, 15) is 20.1 Å². The van der Waals surface area contributed by atoms with Gasteiger partial charge in [0, 0.05) is 27.3 Å². The number of rotatable bonds is 2. The number of benzene rings is 2. The SMILES string of the molecule is C.C=C.CC.O=c1c(CO)cc2cccc3c4cccc(CO)c(O)c4c1c23.[B]CC. The van der Waals surface area contributed by atoms with Gasteiger partial charge in [-0.25, -0.2) is 0 Å². The molecule has 0 aliphatic carbocycles. The van der Waals surface area contributed by atoms with E-state index in [0.29, 0.717) is 21.9 Å². The van der Waals surface area contributed by atoms with E-state index in [1.807, 2.05) is 45.0 Å². The minimum Gasteiger partial charge on any atom is -0.507 e. The van der Waals surface area contributed by atoms with Crippen molar-refractivity contribution in [3.8, 4) is 5.75 Å². The van der Waals surface area contributed by atoms with Crippen LogP contribution in [0.2, 0.25) is 6.32 Å². The van der Waals surface area contributed by atoms with E-state index in [1.165, 1.54) is 0 Å². The van der Waals surface area contributed by atoms with Crippen molar-refractivity contribution in [2.45, 2.75) is 47.7 Å². The molecular formula is C26H33BO4. The first-order valence-electron chi connectivity index (χ1n) is 9.95. The summed E-state index contributed by atoms with van der Waals surface area (Å²) in [6.07, 6.45) is 0.750. The molecule has 164 valence electrons. The molecule has 0 saturated heterocycles. The number of aliphatic hydroxyl groups is 2.